The summed E-state index contributed by atoms with van der Waals surface area (Å²) in [6.07, 6.45) is 12.0. The van der Waals surface area contributed by atoms with E-state index >= 15 is 0 Å². The van der Waals surface area contributed by atoms with Crippen LogP contribution in [0.5, 0.6) is 11.5 Å². The number of carbonyl (C=O) groups excluding carboxylic acids is 2. The van der Waals surface area contributed by atoms with Gasteiger partial charge in [-0.3, -0.25) is 4.79 Å². The molecular formula is C25H32N2O6. The zero-order chi connectivity index (χ0) is 23.6. The second-order valence-electron chi connectivity index (χ2n) is 8.49. The minimum absolute atomic E-state index is 0.0201. The van der Waals surface area contributed by atoms with Crippen LogP contribution in [0.4, 0.5) is 0 Å². The molecule has 0 aliphatic carbocycles. The molecule has 1 aromatic carbocycles. The van der Waals surface area contributed by atoms with E-state index in [1.54, 1.807) is 11.0 Å². The number of hydrogen-bond donors (Lipinski definition) is 2. The summed E-state index contributed by atoms with van der Waals surface area (Å²) in [5.41, 5.74) is 0.788. The molecule has 1 atom stereocenters. The van der Waals surface area contributed by atoms with Gasteiger partial charge in [-0.2, -0.15) is 0 Å². The third-order valence-electron chi connectivity index (χ3n) is 5.63. The number of rotatable bonds is 3. The molecule has 1 amide bonds. The average Bonchev–Trinajstić information content (AvgIpc) is 2.76. The van der Waals surface area contributed by atoms with Crippen molar-refractivity contribution in [2.45, 2.75) is 45.4 Å². The van der Waals surface area contributed by atoms with Gasteiger partial charge in [-0.05, 0) is 55.7 Å². The second-order valence-corrected chi connectivity index (χ2v) is 8.49. The van der Waals surface area contributed by atoms with Gasteiger partial charge < -0.3 is 24.7 Å². The van der Waals surface area contributed by atoms with Crippen molar-refractivity contribution >= 4 is 17.6 Å². The Balaban J connectivity index is 1.79. The molecule has 33 heavy (non-hydrogen) atoms. The lowest BCUT2D eigenvalue weighted by atomic mass is 9.99. The molecule has 3 rings (SSSR count). The molecule has 2 aliphatic rings. The monoisotopic (exact) mass is 456 g/mol. The molecule has 0 bridgehead atoms. The summed E-state index contributed by atoms with van der Waals surface area (Å²) in [4.78, 5) is 32.2. The molecule has 178 valence electrons. The standard InChI is InChI=1S/C25H32N2O6/c1-18-9-8-11-27(16-18)23(30)17-33-26-20-10-6-4-2-3-5-7-12-32-25(31)24-19(13-20)14-21(28)15-22(24)29/h3,5-6,10,14-15,18,28-29H,2,4,7-9,11-13,16-17H2,1H3/b5-3+,10-6+,26-20-. The molecule has 0 aromatic heterocycles. The third-order valence-corrected chi connectivity index (χ3v) is 5.63. The first-order valence-corrected chi connectivity index (χ1v) is 11.4. The Labute approximate surface area is 194 Å². The number of hydrogen-bond acceptors (Lipinski definition) is 7. The highest BCUT2D eigenvalue weighted by atomic mass is 16.6. The van der Waals surface area contributed by atoms with Gasteiger partial charge in [-0.1, -0.05) is 30.3 Å². The predicted molar refractivity (Wildman–Crippen MR) is 124 cm³/mol. The quantitative estimate of drug-likeness (QED) is 0.408. The molecule has 2 aliphatic heterocycles. The number of benzene rings is 1. The molecule has 8 heteroatoms. The van der Waals surface area contributed by atoms with Gasteiger partial charge in [0.05, 0.1) is 12.3 Å². The second kappa shape index (κ2) is 12.1. The van der Waals surface area contributed by atoms with Crippen LogP contribution in [0.2, 0.25) is 0 Å². The van der Waals surface area contributed by atoms with Gasteiger partial charge in [0.2, 0.25) is 0 Å². The topological polar surface area (TPSA) is 109 Å². The number of oxime groups is 1. The summed E-state index contributed by atoms with van der Waals surface area (Å²) >= 11 is 0. The molecule has 1 saturated heterocycles. The van der Waals surface area contributed by atoms with Crippen LogP contribution in [-0.4, -0.2) is 59.0 Å². The van der Waals surface area contributed by atoms with Crippen LogP contribution >= 0.6 is 0 Å². The highest BCUT2D eigenvalue weighted by molar-refractivity contribution is 6.00. The number of esters is 1. The number of fused-ring (bicyclic) bond motifs is 1. The van der Waals surface area contributed by atoms with E-state index in [-0.39, 0.29) is 42.6 Å². The Bertz CT molecular complexity index is 937. The maximum absolute atomic E-state index is 12.6. The van der Waals surface area contributed by atoms with E-state index in [0.717, 1.165) is 44.8 Å². The smallest absolute Gasteiger partial charge is 0.342 e. The zero-order valence-electron chi connectivity index (χ0n) is 19.0. The van der Waals surface area contributed by atoms with Gasteiger partial charge in [0.15, 0.2) is 6.61 Å². The van der Waals surface area contributed by atoms with Crippen molar-refractivity contribution in [1.29, 1.82) is 0 Å². The highest BCUT2D eigenvalue weighted by Crippen LogP contribution is 2.29. The Morgan fingerprint density at radius 1 is 1.21 bits per heavy atom. The van der Waals surface area contributed by atoms with Crippen molar-refractivity contribution in [2.24, 2.45) is 11.1 Å². The van der Waals surface area contributed by atoms with Crippen LogP contribution in [0.25, 0.3) is 0 Å². The largest absolute Gasteiger partial charge is 0.508 e. The first-order valence-electron chi connectivity index (χ1n) is 11.4. The van der Waals surface area contributed by atoms with Gasteiger partial charge >= 0.3 is 5.97 Å². The molecule has 8 nitrogen and oxygen atoms in total. The van der Waals surface area contributed by atoms with E-state index in [1.807, 2.05) is 18.2 Å². The van der Waals surface area contributed by atoms with Crippen molar-refractivity contribution in [2.75, 3.05) is 26.3 Å². The summed E-state index contributed by atoms with van der Waals surface area (Å²) < 4.78 is 5.29. The predicted octanol–water partition coefficient (Wildman–Crippen LogP) is 3.72. The number of ether oxygens (including phenoxy) is 1. The summed E-state index contributed by atoms with van der Waals surface area (Å²) in [5, 5.41) is 24.4. The Kier molecular flexibility index (Phi) is 8.92. The lowest BCUT2D eigenvalue weighted by molar-refractivity contribution is -0.137. The number of likely N-dealkylation sites (tertiary alicyclic amines) is 1. The van der Waals surface area contributed by atoms with Crippen LogP contribution in [-0.2, 0) is 20.8 Å². The number of allylic oxidation sites excluding steroid dienone is 3. The lowest BCUT2D eigenvalue weighted by Crippen LogP contribution is -2.40. The fourth-order valence-corrected chi connectivity index (χ4v) is 3.98. The number of phenols is 2. The molecule has 1 aromatic rings. The maximum Gasteiger partial charge on any atom is 0.342 e. The Morgan fingerprint density at radius 3 is 2.82 bits per heavy atom. The normalized spacial score (nSPS) is 23.2. The Hall–Kier alpha value is -3.29. The van der Waals surface area contributed by atoms with E-state index < -0.39 is 5.97 Å². The molecule has 0 saturated carbocycles. The summed E-state index contributed by atoms with van der Waals surface area (Å²) in [6, 6.07) is 2.50. The van der Waals surface area contributed by atoms with E-state index in [4.69, 9.17) is 9.57 Å². The molecule has 2 heterocycles. The minimum atomic E-state index is -0.674. The van der Waals surface area contributed by atoms with Gasteiger partial charge in [-0.25, -0.2) is 4.79 Å². The molecule has 1 fully saturated rings. The fraction of sp³-hybridized carbons (Fsp3) is 0.480. The summed E-state index contributed by atoms with van der Waals surface area (Å²) in [7, 11) is 0. The molecule has 0 spiro atoms. The SMILES string of the molecule is CC1CCCN(C(=O)CO/N=C2/C=C/CC/C=C/CCOC(=O)c3c(O)cc(O)cc3C2)C1. The number of amides is 1. The van der Waals surface area contributed by atoms with Crippen molar-refractivity contribution in [3.05, 3.63) is 47.6 Å². The minimum Gasteiger partial charge on any atom is -0.508 e. The van der Waals surface area contributed by atoms with Crippen molar-refractivity contribution < 1.29 is 29.4 Å². The van der Waals surface area contributed by atoms with E-state index in [2.05, 4.69) is 12.1 Å². The Morgan fingerprint density at radius 2 is 2.00 bits per heavy atom. The fourth-order valence-electron chi connectivity index (χ4n) is 3.98. The first-order chi connectivity index (χ1) is 15.9. The number of phenolic OH excluding ortho intramolecular Hbond substituents is 2. The average molecular weight is 457 g/mol. The number of carbonyl (C=O) groups is 2. The van der Waals surface area contributed by atoms with Gasteiger partial charge in [0, 0.05) is 25.6 Å². The number of nitrogens with zero attached hydrogens (tertiary/aromatic N) is 2. The van der Waals surface area contributed by atoms with Crippen LogP contribution in [0.15, 0.2) is 41.6 Å². The molecule has 0 radical (unpaired) electrons. The highest BCUT2D eigenvalue weighted by Gasteiger charge is 2.22. The summed E-state index contributed by atoms with van der Waals surface area (Å²) in [5.74, 6) is -0.855. The van der Waals surface area contributed by atoms with Gasteiger partial charge in [-0.15, -0.1) is 0 Å². The number of piperidine rings is 1. The molecule has 2 N–H and O–H groups in total. The van der Waals surface area contributed by atoms with Gasteiger partial charge in [0.25, 0.3) is 5.91 Å². The number of cyclic esters (lactones) is 1. The summed E-state index contributed by atoms with van der Waals surface area (Å²) in [6.45, 7) is 3.59. The molecule has 1 unspecified atom stereocenters. The molecular weight excluding hydrogens is 424 g/mol. The van der Waals surface area contributed by atoms with Crippen LogP contribution in [0, 0.1) is 5.92 Å². The zero-order valence-corrected chi connectivity index (χ0v) is 19.0. The lowest BCUT2D eigenvalue weighted by Gasteiger charge is -2.30. The van der Waals surface area contributed by atoms with Crippen LogP contribution < -0.4 is 0 Å². The van der Waals surface area contributed by atoms with Crippen molar-refractivity contribution in [3.63, 3.8) is 0 Å². The van der Waals surface area contributed by atoms with Crippen molar-refractivity contribution in [1.82, 2.24) is 4.90 Å². The maximum atomic E-state index is 12.6. The van der Waals surface area contributed by atoms with E-state index in [1.165, 1.54) is 6.07 Å². The van der Waals surface area contributed by atoms with E-state index in [0.29, 0.717) is 23.6 Å². The first kappa shape index (κ1) is 24.4. The van der Waals surface area contributed by atoms with Gasteiger partial charge in [0.1, 0.15) is 17.1 Å². The number of aromatic hydroxyl groups is 2. The van der Waals surface area contributed by atoms with Crippen molar-refractivity contribution in [3.8, 4) is 11.5 Å². The third kappa shape index (κ3) is 7.37. The van der Waals surface area contributed by atoms with E-state index in [9.17, 15) is 19.8 Å². The van der Waals surface area contributed by atoms with Crippen LogP contribution in [0.3, 0.4) is 0 Å². The van der Waals surface area contributed by atoms with Crippen LogP contribution in [0.1, 0.15) is 54.9 Å².